The molecule has 9 heavy (non-hydrogen) atoms. The van der Waals surface area contributed by atoms with E-state index in [1.54, 1.807) is 0 Å². The quantitative estimate of drug-likeness (QED) is 0.287. The van der Waals surface area contributed by atoms with Crippen LogP contribution in [-0.2, 0) is 0 Å². The average molecular weight is 138 g/mol. The Bertz CT molecular complexity index is 33.9. The Morgan fingerprint density at radius 1 is 1.22 bits per heavy atom. The molecule has 0 bridgehead atoms. The van der Waals surface area contributed by atoms with Gasteiger partial charge in [0.25, 0.3) is 0 Å². The van der Waals surface area contributed by atoms with Gasteiger partial charge in [-0.2, -0.15) is 18.2 Å². The second-order valence-corrected chi connectivity index (χ2v) is 2.89. The molecule has 0 aliphatic rings. The molecule has 0 aliphatic carbocycles. The fourth-order valence-corrected chi connectivity index (χ4v) is 1.09. The molecule has 0 rings (SSSR count). The molecule has 0 spiro atoms. The number of hydrogen-bond acceptors (Lipinski definition) is 1. The molecule has 0 aromatic rings. The normalized spacial score (nSPS) is 8.67. The van der Waals surface area contributed by atoms with Gasteiger partial charge in [-0.25, -0.2) is 0 Å². The Kier molecular flexibility index (Phi) is 16.4. The van der Waals surface area contributed by atoms with Gasteiger partial charge in [-0.05, 0) is 18.4 Å². The standard InChI is InChI=1S/C7H15S.Li/c1-3-4-5-6-7-8-2;/h1,3-7H2,2H3;/q-1;+1. The Morgan fingerprint density at radius 3 is 2.33 bits per heavy atom. The zero-order valence-electron chi connectivity index (χ0n) is 6.65. The van der Waals surface area contributed by atoms with Crippen molar-refractivity contribution in [2.75, 3.05) is 12.0 Å². The molecule has 0 N–H and O–H groups in total. The molecule has 0 aromatic carbocycles. The molecule has 0 saturated carbocycles. The van der Waals surface area contributed by atoms with Crippen LogP contribution in [-0.4, -0.2) is 12.0 Å². The van der Waals surface area contributed by atoms with Crippen LogP contribution in [0.2, 0.25) is 0 Å². The summed E-state index contributed by atoms with van der Waals surface area (Å²) < 4.78 is 0. The van der Waals surface area contributed by atoms with E-state index in [9.17, 15) is 0 Å². The zero-order valence-corrected chi connectivity index (χ0v) is 7.47. The second kappa shape index (κ2) is 11.7. The molecule has 0 radical (unpaired) electrons. The van der Waals surface area contributed by atoms with Crippen molar-refractivity contribution >= 4 is 11.8 Å². The van der Waals surface area contributed by atoms with Gasteiger partial charge in [0, 0.05) is 0 Å². The smallest absolute Gasteiger partial charge is 0.343 e. The fourth-order valence-electron chi connectivity index (χ4n) is 0.600. The third kappa shape index (κ3) is 12.2. The zero-order chi connectivity index (χ0) is 6.24. The summed E-state index contributed by atoms with van der Waals surface area (Å²) in [5.41, 5.74) is 0. The molecule has 0 aliphatic heterocycles. The predicted octanol–water partition coefficient (Wildman–Crippen LogP) is -0.252. The second-order valence-electron chi connectivity index (χ2n) is 1.91. The summed E-state index contributed by atoms with van der Waals surface area (Å²) in [5, 5.41) is 0. The van der Waals surface area contributed by atoms with E-state index < -0.39 is 0 Å². The van der Waals surface area contributed by atoms with Crippen molar-refractivity contribution in [3.63, 3.8) is 0 Å². The van der Waals surface area contributed by atoms with Gasteiger partial charge < -0.3 is 6.92 Å². The van der Waals surface area contributed by atoms with E-state index in [-0.39, 0.29) is 18.9 Å². The maximum Gasteiger partial charge on any atom is 1.00 e. The molecule has 50 valence electrons. The molecule has 0 unspecified atom stereocenters. The first kappa shape index (κ1) is 12.6. The van der Waals surface area contributed by atoms with Gasteiger partial charge in [0.15, 0.2) is 0 Å². The summed E-state index contributed by atoms with van der Waals surface area (Å²) in [5.74, 6) is 1.32. The molecule has 0 atom stereocenters. The van der Waals surface area contributed by atoms with Crippen molar-refractivity contribution in [3.8, 4) is 0 Å². The molecule has 0 heterocycles. The maximum absolute atomic E-state index is 3.78. The number of thioether (sulfide) groups is 1. The minimum Gasteiger partial charge on any atom is -0.343 e. The molecule has 0 fully saturated rings. The van der Waals surface area contributed by atoms with E-state index in [1.807, 2.05) is 11.8 Å². The van der Waals surface area contributed by atoms with Crippen LogP contribution >= 0.6 is 11.8 Å². The van der Waals surface area contributed by atoms with Gasteiger partial charge in [-0.15, -0.1) is 0 Å². The summed E-state index contributed by atoms with van der Waals surface area (Å²) in [6, 6.07) is 0. The van der Waals surface area contributed by atoms with Gasteiger partial charge in [0.1, 0.15) is 0 Å². The van der Waals surface area contributed by atoms with Crippen LogP contribution in [0.3, 0.4) is 0 Å². The van der Waals surface area contributed by atoms with Crippen LogP contribution < -0.4 is 18.9 Å². The summed E-state index contributed by atoms with van der Waals surface area (Å²) >= 11 is 1.93. The minimum absolute atomic E-state index is 0. The van der Waals surface area contributed by atoms with Crippen molar-refractivity contribution in [1.29, 1.82) is 0 Å². The number of rotatable bonds is 5. The Hall–Kier alpha value is 0.947. The molecule has 0 saturated heterocycles. The molecular weight excluding hydrogens is 123 g/mol. The maximum atomic E-state index is 3.78. The van der Waals surface area contributed by atoms with Gasteiger partial charge in [0.05, 0.1) is 0 Å². The summed E-state index contributed by atoms with van der Waals surface area (Å²) in [4.78, 5) is 0. The molecular formula is C7H15LiS. The van der Waals surface area contributed by atoms with E-state index in [1.165, 1.54) is 25.0 Å². The van der Waals surface area contributed by atoms with E-state index in [4.69, 9.17) is 0 Å². The number of unbranched alkanes of at least 4 members (excludes halogenated alkanes) is 3. The Labute approximate surface area is 75.3 Å². The van der Waals surface area contributed by atoms with Crippen LogP contribution in [0, 0.1) is 6.92 Å². The van der Waals surface area contributed by atoms with E-state index in [0.29, 0.717) is 0 Å². The molecule has 2 heteroatoms. The number of hydrogen-bond donors (Lipinski definition) is 0. The SMILES string of the molecule is [CH2-]CCCCCSC.[Li+]. The average Bonchev–Trinajstić information content (AvgIpc) is 1.81. The molecule has 0 nitrogen and oxygen atoms in total. The van der Waals surface area contributed by atoms with Gasteiger partial charge in [-0.1, -0.05) is 12.8 Å². The summed E-state index contributed by atoms with van der Waals surface area (Å²) in [7, 11) is 0. The monoisotopic (exact) mass is 138 g/mol. The third-order valence-electron chi connectivity index (χ3n) is 1.10. The van der Waals surface area contributed by atoms with Crippen molar-refractivity contribution < 1.29 is 18.9 Å². The van der Waals surface area contributed by atoms with Crippen LogP contribution in [0.4, 0.5) is 0 Å². The third-order valence-corrected chi connectivity index (χ3v) is 1.80. The summed E-state index contributed by atoms with van der Waals surface area (Å²) in [6.45, 7) is 3.78. The Balaban J connectivity index is 0. The predicted molar refractivity (Wildman–Crippen MR) is 42.2 cm³/mol. The van der Waals surface area contributed by atoms with Crippen LogP contribution in [0.25, 0.3) is 0 Å². The van der Waals surface area contributed by atoms with Gasteiger partial charge in [-0.3, -0.25) is 0 Å². The van der Waals surface area contributed by atoms with Crippen molar-refractivity contribution in [1.82, 2.24) is 0 Å². The van der Waals surface area contributed by atoms with Gasteiger partial charge >= 0.3 is 18.9 Å². The van der Waals surface area contributed by atoms with Gasteiger partial charge in [0.2, 0.25) is 0 Å². The fraction of sp³-hybridized carbons (Fsp3) is 0.857. The Morgan fingerprint density at radius 2 is 1.89 bits per heavy atom. The van der Waals surface area contributed by atoms with Crippen molar-refractivity contribution in [3.05, 3.63) is 6.92 Å². The van der Waals surface area contributed by atoms with Crippen LogP contribution in [0.15, 0.2) is 0 Å². The first-order valence-electron chi connectivity index (χ1n) is 3.20. The first-order chi connectivity index (χ1) is 3.91. The van der Waals surface area contributed by atoms with E-state index in [2.05, 4.69) is 13.2 Å². The van der Waals surface area contributed by atoms with E-state index >= 15 is 0 Å². The largest absolute Gasteiger partial charge is 1.00 e. The van der Waals surface area contributed by atoms with E-state index in [0.717, 1.165) is 6.42 Å². The molecule has 0 aromatic heterocycles. The summed E-state index contributed by atoms with van der Waals surface area (Å²) in [6.07, 6.45) is 7.31. The van der Waals surface area contributed by atoms with Crippen LogP contribution in [0.1, 0.15) is 25.7 Å². The molecule has 0 amide bonds. The van der Waals surface area contributed by atoms with Crippen molar-refractivity contribution in [2.45, 2.75) is 25.7 Å². The minimum atomic E-state index is 0. The van der Waals surface area contributed by atoms with Crippen LogP contribution in [0.5, 0.6) is 0 Å². The first-order valence-corrected chi connectivity index (χ1v) is 4.59. The van der Waals surface area contributed by atoms with Crippen molar-refractivity contribution in [2.24, 2.45) is 0 Å². The topological polar surface area (TPSA) is 0 Å².